The molecule has 0 aliphatic rings. The summed E-state index contributed by atoms with van der Waals surface area (Å²) in [6.07, 6.45) is 0. The monoisotopic (exact) mass is 274 g/mol. The maximum Gasteiger partial charge on any atom is 0 e. The fourth-order valence-electron chi connectivity index (χ4n) is 0. The maximum absolute atomic E-state index is 7.88. The average Bonchev–Trinajstić information content (AvgIpc) is 1.00. The third-order valence-electron chi connectivity index (χ3n) is 0. The van der Waals surface area contributed by atoms with Crippen molar-refractivity contribution in [3.63, 3.8) is 0 Å². The Labute approximate surface area is 59.5 Å². The van der Waals surface area contributed by atoms with Crippen LogP contribution in [0.2, 0.25) is 0 Å². The molecule has 0 radical (unpaired) electrons. The van der Waals surface area contributed by atoms with E-state index in [4.69, 9.17) is 3.90 Å². The molecule has 0 atom stereocenters. The smallest absolute Gasteiger partial charge is 0 e. The van der Waals surface area contributed by atoms with E-state index in [1.165, 1.54) is 0 Å². The molecule has 0 aliphatic carbocycles. The molecule has 0 heterocycles. The zero-order valence-corrected chi connectivity index (χ0v) is 6.22. The van der Waals surface area contributed by atoms with Gasteiger partial charge in [0.25, 0.3) is 0 Å². The van der Waals surface area contributed by atoms with Gasteiger partial charge in [-0.3, -0.25) is 0 Å². The normalized spacial score (nSPS) is 1.50. The van der Waals surface area contributed by atoms with Crippen LogP contribution < -0.4 is 0 Å². The first-order valence-electron chi connectivity index (χ1n) is 0.129. The number of rotatable bonds is 0. The predicted molar refractivity (Wildman–Crippen MR) is 0.686 cm³/mol. The second-order valence-electron chi connectivity index (χ2n) is 0. The molecule has 0 saturated heterocycles. The van der Waals surface area contributed by atoms with Crippen molar-refractivity contribution in [1.29, 1.82) is 0 Å². The van der Waals surface area contributed by atoms with Gasteiger partial charge in [-0.25, -0.2) is 0 Å². The van der Waals surface area contributed by atoms with Crippen molar-refractivity contribution >= 4 is 0 Å². The first-order chi connectivity index (χ1) is 1.00. The Morgan fingerprint density at radius 1 is 1.25 bits per heavy atom. The third kappa shape index (κ3) is 9.50. The zero-order chi connectivity index (χ0) is 2.00. The molecule has 0 aromatic carbocycles. The fourth-order valence-corrected chi connectivity index (χ4v) is 0. The summed E-state index contributed by atoms with van der Waals surface area (Å²) >= 11 is 2.62. The molecule has 0 N–H and O–H groups in total. The van der Waals surface area contributed by atoms with Crippen LogP contribution in [0.1, 0.15) is 0 Å². The summed E-state index contributed by atoms with van der Waals surface area (Å²) in [6.45, 7) is 0. The molecule has 0 saturated carbocycles. The van der Waals surface area contributed by atoms with Gasteiger partial charge in [-0.05, 0) is 0 Å². The van der Waals surface area contributed by atoms with Gasteiger partial charge in [-0.2, -0.15) is 0 Å². The summed E-state index contributed by atoms with van der Waals surface area (Å²) in [5, 5.41) is 0. The Kier molecular flexibility index (Phi) is 102. The minimum atomic E-state index is 0. The third-order valence-corrected chi connectivity index (χ3v) is 0. The Balaban J connectivity index is -0.00000000500. The predicted octanol–water partition coefficient (Wildman–Crippen LogP) is -0.126. The first kappa shape index (κ1) is 17.5. The first-order valence-corrected chi connectivity index (χ1v) is 0.532. The number of hydrogen-bond acceptors (Lipinski definition) is 1. The Hall–Kier alpha value is 1.61. The van der Waals surface area contributed by atoms with Crippen LogP contribution in [0.4, 0.5) is 0 Å². The van der Waals surface area contributed by atoms with Gasteiger partial charge < -0.3 is 0 Å². The maximum atomic E-state index is 7.88. The van der Waals surface area contributed by atoms with Crippen molar-refractivity contribution in [2.24, 2.45) is 0 Å². The van der Waals surface area contributed by atoms with Crippen molar-refractivity contribution in [3.8, 4) is 0 Å². The van der Waals surface area contributed by atoms with E-state index in [0.717, 1.165) is 0 Å². The van der Waals surface area contributed by atoms with E-state index in [2.05, 4.69) is 15.4 Å². The molecule has 0 rings (SSSR count). The molecule has 4 heteroatoms. The van der Waals surface area contributed by atoms with Crippen LogP contribution in [0.25, 0.3) is 0 Å². The second-order valence-corrected chi connectivity index (χ2v) is 0. The van der Waals surface area contributed by atoms with Gasteiger partial charge in [0.2, 0.25) is 0 Å². The van der Waals surface area contributed by atoms with E-state index in [9.17, 15) is 0 Å². The van der Waals surface area contributed by atoms with Gasteiger partial charge in [0, 0.05) is 40.5 Å². The minimum Gasteiger partial charge on any atom is 0 e. The molecule has 0 aromatic heterocycles. The second kappa shape index (κ2) is 23.2. The molecular formula is MoNiORu. The summed E-state index contributed by atoms with van der Waals surface area (Å²) in [5.74, 6) is 0. The SMILES string of the molecule is [Mo].[O]=[Ni].[Ru]. The van der Waals surface area contributed by atoms with E-state index in [1.807, 2.05) is 0 Å². The van der Waals surface area contributed by atoms with Crippen molar-refractivity contribution in [1.82, 2.24) is 0 Å². The van der Waals surface area contributed by atoms with Gasteiger partial charge in [-0.1, -0.05) is 0 Å². The molecule has 0 bridgehead atoms. The van der Waals surface area contributed by atoms with Crippen LogP contribution in [-0.2, 0) is 59.8 Å². The van der Waals surface area contributed by atoms with Gasteiger partial charge in [0.15, 0.2) is 0 Å². The standard InChI is InChI=1S/Mo.Ni.O.Ru. The number of hydrogen-bond donors (Lipinski definition) is 0. The molecular weight excluding hydrogens is 272 g/mol. The molecule has 0 aromatic rings. The zero-order valence-electron chi connectivity index (χ0n) is 1.49. The van der Waals surface area contributed by atoms with E-state index < -0.39 is 0 Å². The van der Waals surface area contributed by atoms with E-state index in [-0.39, 0.29) is 40.5 Å². The summed E-state index contributed by atoms with van der Waals surface area (Å²) in [7, 11) is 0. The Morgan fingerprint density at radius 2 is 1.25 bits per heavy atom. The van der Waals surface area contributed by atoms with Crippen LogP contribution in [0.15, 0.2) is 0 Å². The molecule has 1 nitrogen and oxygen atoms in total. The van der Waals surface area contributed by atoms with Gasteiger partial charge >= 0.3 is 19.3 Å². The molecule has 0 fully saturated rings. The van der Waals surface area contributed by atoms with Crippen LogP contribution in [0.3, 0.4) is 0 Å². The van der Waals surface area contributed by atoms with Crippen molar-refractivity contribution in [2.45, 2.75) is 0 Å². The molecule has 0 amide bonds. The van der Waals surface area contributed by atoms with E-state index in [1.54, 1.807) is 0 Å². The summed E-state index contributed by atoms with van der Waals surface area (Å²) in [5.41, 5.74) is 0. The summed E-state index contributed by atoms with van der Waals surface area (Å²) < 4.78 is 7.88. The topological polar surface area (TPSA) is 17.1 Å². The minimum absolute atomic E-state index is 0. The molecule has 0 aliphatic heterocycles. The van der Waals surface area contributed by atoms with Crippen LogP contribution >= 0.6 is 0 Å². The fraction of sp³-hybridized carbons (Fsp3) is 0. The van der Waals surface area contributed by atoms with E-state index in [0.29, 0.717) is 0 Å². The van der Waals surface area contributed by atoms with Crippen LogP contribution in [0, 0.1) is 0 Å². The molecule has 4 heavy (non-hydrogen) atoms. The summed E-state index contributed by atoms with van der Waals surface area (Å²) in [6, 6.07) is 0. The molecule has 30 valence electrons. The van der Waals surface area contributed by atoms with Crippen molar-refractivity contribution in [3.05, 3.63) is 0 Å². The van der Waals surface area contributed by atoms with Gasteiger partial charge in [-0.15, -0.1) is 0 Å². The van der Waals surface area contributed by atoms with E-state index >= 15 is 0 Å². The van der Waals surface area contributed by atoms with Crippen LogP contribution in [-0.4, -0.2) is 0 Å². The Morgan fingerprint density at radius 3 is 1.25 bits per heavy atom. The molecule has 0 spiro atoms. The summed E-state index contributed by atoms with van der Waals surface area (Å²) in [4.78, 5) is 0. The average molecular weight is 272 g/mol. The van der Waals surface area contributed by atoms with Gasteiger partial charge in [0.1, 0.15) is 0 Å². The van der Waals surface area contributed by atoms with Crippen LogP contribution in [0.5, 0.6) is 0 Å². The van der Waals surface area contributed by atoms with Gasteiger partial charge in [0.05, 0.1) is 0 Å². The largest absolute Gasteiger partial charge is 0 e. The molecule has 0 unspecified atom stereocenters. The van der Waals surface area contributed by atoms with Crippen molar-refractivity contribution < 1.29 is 59.8 Å². The Bertz CT molecular complexity index is 8.00. The van der Waals surface area contributed by atoms with Crippen molar-refractivity contribution in [2.75, 3.05) is 0 Å². The quantitative estimate of drug-likeness (QED) is 0.561.